The molecule has 1 aromatic carbocycles. The molecular weight excluding hydrogens is 386 g/mol. The highest BCUT2D eigenvalue weighted by Gasteiger charge is 2.63. The topological polar surface area (TPSA) is 98.9 Å². The number of ether oxygens (including phenoxy) is 3. The summed E-state index contributed by atoms with van der Waals surface area (Å²) < 4.78 is 19.7. The van der Waals surface area contributed by atoms with Gasteiger partial charge in [-0.15, -0.1) is 5.10 Å². The number of rotatable bonds is 4. The number of aromatic nitrogens is 3. The minimum atomic E-state index is -1.41. The van der Waals surface area contributed by atoms with E-state index in [-0.39, 0.29) is 6.54 Å². The fourth-order valence-corrected chi connectivity index (χ4v) is 4.98. The molecule has 8 nitrogen and oxygen atoms in total. The van der Waals surface area contributed by atoms with Crippen molar-refractivity contribution in [2.24, 2.45) is 0 Å². The van der Waals surface area contributed by atoms with Crippen molar-refractivity contribution in [1.29, 1.82) is 0 Å². The Bertz CT molecular complexity index is 895. The molecule has 0 spiro atoms. The molecule has 0 unspecified atom stereocenters. The predicted molar refractivity (Wildman–Crippen MR) is 106 cm³/mol. The van der Waals surface area contributed by atoms with E-state index in [4.69, 9.17) is 14.2 Å². The van der Waals surface area contributed by atoms with E-state index in [1.54, 1.807) is 10.9 Å². The van der Waals surface area contributed by atoms with Crippen LogP contribution in [0.3, 0.4) is 0 Å². The zero-order valence-electron chi connectivity index (χ0n) is 17.4. The molecule has 5 rings (SSSR count). The van der Waals surface area contributed by atoms with Gasteiger partial charge < -0.3 is 24.4 Å². The van der Waals surface area contributed by atoms with Crippen molar-refractivity contribution in [2.45, 2.75) is 88.0 Å². The summed E-state index contributed by atoms with van der Waals surface area (Å²) in [4.78, 5) is 0. The first-order valence-corrected chi connectivity index (χ1v) is 10.7. The summed E-state index contributed by atoms with van der Waals surface area (Å²) in [6.45, 7) is 3.88. The average Bonchev–Trinajstić information content (AvgIpc) is 3.38. The summed E-state index contributed by atoms with van der Waals surface area (Å²) in [6.07, 6.45) is 4.26. The smallest absolute Gasteiger partial charge is 0.191 e. The van der Waals surface area contributed by atoms with Gasteiger partial charge in [-0.25, -0.2) is 4.68 Å². The quantitative estimate of drug-likeness (QED) is 0.790. The van der Waals surface area contributed by atoms with Gasteiger partial charge in [0.15, 0.2) is 12.1 Å². The second-order valence-corrected chi connectivity index (χ2v) is 9.16. The van der Waals surface area contributed by atoms with Crippen molar-refractivity contribution >= 4 is 0 Å². The molecule has 3 heterocycles. The molecule has 8 heteroatoms. The Morgan fingerprint density at radius 2 is 1.80 bits per heavy atom. The van der Waals surface area contributed by atoms with E-state index in [9.17, 15) is 10.2 Å². The minimum Gasteiger partial charge on any atom is -0.383 e. The zero-order chi connectivity index (χ0) is 21.0. The van der Waals surface area contributed by atoms with Crippen LogP contribution in [-0.2, 0) is 32.0 Å². The number of aliphatic hydroxyl groups is 2. The number of benzene rings is 1. The van der Waals surface area contributed by atoms with E-state index in [2.05, 4.69) is 10.3 Å². The first kappa shape index (κ1) is 20.1. The van der Waals surface area contributed by atoms with Gasteiger partial charge in [0.05, 0.1) is 12.7 Å². The average molecular weight is 415 g/mol. The molecule has 0 amide bonds. The van der Waals surface area contributed by atoms with E-state index in [0.717, 1.165) is 19.3 Å². The second-order valence-electron chi connectivity index (χ2n) is 9.16. The molecule has 1 aromatic heterocycles. The lowest BCUT2D eigenvalue weighted by molar-refractivity contribution is -0.233. The van der Waals surface area contributed by atoms with Crippen LogP contribution in [0.1, 0.15) is 57.2 Å². The molecule has 3 fully saturated rings. The van der Waals surface area contributed by atoms with Crippen molar-refractivity contribution in [2.75, 3.05) is 0 Å². The Kier molecular flexibility index (Phi) is 4.75. The minimum absolute atomic E-state index is 0.259. The molecule has 2 saturated heterocycles. The third kappa shape index (κ3) is 3.27. The fraction of sp³-hybridized carbons (Fsp3) is 0.636. The standard InChI is InChI=1S/C22H29N3O5/c1-20(2)29-18-19(30-20)28-17(22(18,27)15-9-5-3-6-10-15)14-25-13-16(23-24-25)21(26)11-7-4-8-12-21/h3,5-6,9-10,13,17-19,26-27H,4,7-8,11-12,14H2,1-2H3/t17-,18+,19+,22-/m1/s1. The largest absolute Gasteiger partial charge is 0.383 e. The van der Waals surface area contributed by atoms with Crippen molar-refractivity contribution < 1.29 is 24.4 Å². The SMILES string of the molecule is CC1(C)O[C@@H]2O[C@H](Cn3cc(C4(O)CCCCC4)nn3)[C@](O)(c3ccccc3)[C@H]2O1. The van der Waals surface area contributed by atoms with Gasteiger partial charge in [0, 0.05) is 0 Å². The maximum Gasteiger partial charge on any atom is 0.191 e. The molecule has 2 aliphatic heterocycles. The molecule has 162 valence electrons. The second kappa shape index (κ2) is 7.10. The Morgan fingerprint density at radius 1 is 1.07 bits per heavy atom. The van der Waals surface area contributed by atoms with Crippen LogP contribution in [-0.4, -0.2) is 49.5 Å². The van der Waals surface area contributed by atoms with E-state index < -0.39 is 35.5 Å². The summed E-state index contributed by atoms with van der Waals surface area (Å²) >= 11 is 0. The summed E-state index contributed by atoms with van der Waals surface area (Å²) in [5.74, 6) is -0.840. The van der Waals surface area contributed by atoms with Gasteiger partial charge in [0.25, 0.3) is 0 Å². The molecule has 2 N–H and O–H groups in total. The summed E-state index contributed by atoms with van der Waals surface area (Å²) in [6, 6.07) is 9.39. The molecule has 1 aliphatic carbocycles. The highest BCUT2D eigenvalue weighted by molar-refractivity contribution is 5.28. The van der Waals surface area contributed by atoms with Gasteiger partial charge in [-0.3, -0.25) is 0 Å². The molecule has 4 atom stereocenters. The molecule has 3 aliphatic rings. The maximum atomic E-state index is 11.9. The normalized spacial score (nSPS) is 34.7. The summed E-state index contributed by atoms with van der Waals surface area (Å²) in [5.41, 5.74) is -1.05. The van der Waals surface area contributed by atoms with Gasteiger partial charge in [0.2, 0.25) is 0 Å². The van der Waals surface area contributed by atoms with E-state index >= 15 is 0 Å². The van der Waals surface area contributed by atoms with Crippen molar-refractivity contribution in [3.63, 3.8) is 0 Å². The van der Waals surface area contributed by atoms with Gasteiger partial charge in [0.1, 0.15) is 29.1 Å². The molecule has 2 aromatic rings. The lowest BCUT2D eigenvalue weighted by Crippen LogP contribution is -2.47. The zero-order valence-corrected chi connectivity index (χ0v) is 17.4. The number of hydrogen-bond donors (Lipinski definition) is 2. The van der Waals surface area contributed by atoms with E-state index in [0.29, 0.717) is 24.1 Å². The number of nitrogens with zero attached hydrogens (tertiary/aromatic N) is 3. The van der Waals surface area contributed by atoms with Gasteiger partial charge >= 0.3 is 0 Å². The third-order valence-corrected chi connectivity index (χ3v) is 6.57. The molecule has 0 bridgehead atoms. The first-order chi connectivity index (χ1) is 14.3. The van der Waals surface area contributed by atoms with Crippen LogP contribution in [0, 0.1) is 0 Å². The van der Waals surface area contributed by atoms with E-state index in [1.165, 1.54) is 0 Å². The van der Waals surface area contributed by atoms with Gasteiger partial charge in [-0.2, -0.15) is 0 Å². The van der Waals surface area contributed by atoms with Gasteiger partial charge in [-0.05, 0) is 32.3 Å². The van der Waals surface area contributed by atoms with Crippen LogP contribution in [0.15, 0.2) is 36.5 Å². The Labute approximate surface area is 175 Å². The maximum absolute atomic E-state index is 11.9. The third-order valence-electron chi connectivity index (χ3n) is 6.57. The van der Waals surface area contributed by atoms with Crippen LogP contribution in [0.4, 0.5) is 0 Å². The Balaban J connectivity index is 1.43. The molecule has 0 radical (unpaired) electrons. The monoisotopic (exact) mass is 415 g/mol. The molecule has 1 saturated carbocycles. The predicted octanol–water partition coefficient (Wildman–Crippen LogP) is 2.19. The van der Waals surface area contributed by atoms with E-state index in [1.807, 2.05) is 44.2 Å². The van der Waals surface area contributed by atoms with Crippen molar-refractivity contribution in [3.8, 4) is 0 Å². The van der Waals surface area contributed by atoms with Crippen LogP contribution in [0.25, 0.3) is 0 Å². The Morgan fingerprint density at radius 3 is 2.53 bits per heavy atom. The van der Waals surface area contributed by atoms with Crippen molar-refractivity contribution in [3.05, 3.63) is 47.8 Å². The van der Waals surface area contributed by atoms with Crippen LogP contribution >= 0.6 is 0 Å². The van der Waals surface area contributed by atoms with Crippen LogP contribution < -0.4 is 0 Å². The molecule has 30 heavy (non-hydrogen) atoms. The van der Waals surface area contributed by atoms with Crippen molar-refractivity contribution in [1.82, 2.24) is 15.0 Å². The van der Waals surface area contributed by atoms with Gasteiger partial charge in [-0.1, -0.05) is 54.8 Å². The lowest BCUT2D eigenvalue weighted by atomic mass is 9.83. The van der Waals surface area contributed by atoms with Crippen LogP contribution in [0.5, 0.6) is 0 Å². The number of hydrogen-bond acceptors (Lipinski definition) is 7. The highest BCUT2D eigenvalue weighted by atomic mass is 16.8. The summed E-state index contributed by atoms with van der Waals surface area (Å²) in [7, 11) is 0. The number of fused-ring (bicyclic) bond motifs is 1. The van der Waals surface area contributed by atoms with Crippen LogP contribution in [0.2, 0.25) is 0 Å². The summed E-state index contributed by atoms with van der Waals surface area (Å²) in [5, 5.41) is 31.2. The lowest BCUT2D eigenvalue weighted by Gasteiger charge is -2.34. The molecular formula is C22H29N3O5. The Hall–Kier alpha value is -1.84. The first-order valence-electron chi connectivity index (χ1n) is 10.7. The highest BCUT2D eigenvalue weighted by Crippen LogP contribution is 2.48. The fourth-order valence-electron chi connectivity index (χ4n) is 4.98.